The Morgan fingerprint density at radius 2 is 1.65 bits per heavy atom. The summed E-state index contributed by atoms with van der Waals surface area (Å²) in [5, 5.41) is 54.5. The number of primary sulfonamides is 1. The van der Waals surface area contributed by atoms with E-state index in [4.69, 9.17) is 17.7 Å². The van der Waals surface area contributed by atoms with Crippen LogP contribution < -0.4 is 15.2 Å². The van der Waals surface area contributed by atoms with Crippen LogP contribution in [0.25, 0.3) is 0 Å². The first-order valence-corrected chi connectivity index (χ1v) is 10.2. The van der Waals surface area contributed by atoms with Crippen LogP contribution in [-0.2, 0) is 10.0 Å². The van der Waals surface area contributed by atoms with Gasteiger partial charge in [0.2, 0.25) is 15.9 Å². The van der Waals surface area contributed by atoms with Crippen molar-refractivity contribution in [1.82, 2.24) is 0 Å². The van der Waals surface area contributed by atoms with Crippen molar-refractivity contribution in [3.05, 3.63) is 48.0 Å². The summed E-state index contributed by atoms with van der Waals surface area (Å²) in [6, 6.07) is 9.22. The van der Waals surface area contributed by atoms with Gasteiger partial charge in [0, 0.05) is 0 Å². The van der Waals surface area contributed by atoms with Gasteiger partial charge in [-0.05, 0) is 31.2 Å². The summed E-state index contributed by atoms with van der Waals surface area (Å²) in [7, 11) is 1.11. The summed E-state index contributed by atoms with van der Waals surface area (Å²) in [6.07, 6.45) is 0. The first-order chi connectivity index (χ1) is 14.0. The SMILES string of the molecule is [B]C(C)(C(C)(O)O)C(O)(O)Nc1cc(C(=O)O)cc(S(N)(=O)=O)c1Oc1ccccc1. The second kappa shape index (κ2) is 8.11. The highest BCUT2D eigenvalue weighted by Gasteiger charge is 2.53. The van der Waals surface area contributed by atoms with Crippen molar-refractivity contribution in [3.8, 4) is 11.5 Å². The maximum absolute atomic E-state index is 12.1. The number of aromatic carboxylic acids is 1. The molecule has 2 aromatic rings. The lowest BCUT2D eigenvalue weighted by atomic mass is 9.61. The fourth-order valence-electron chi connectivity index (χ4n) is 2.39. The number of nitrogens with two attached hydrogens (primary N) is 1. The minimum atomic E-state index is -4.57. The van der Waals surface area contributed by atoms with Gasteiger partial charge < -0.3 is 35.6 Å². The van der Waals surface area contributed by atoms with Gasteiger partial charge in [-0.1, -0.05) is 25.1 Å². The van der Waals surface area contributed by atoms with E-state index < -0.39 is 54.9 Å². The van der Waals surface area contributed by atoms with Gasteiger partial charge in [-0.15, -0.1) is 0 Å². The number of nitrogens with one attached hydrogen (secondary N) is 1. The average Bonchev–Trinajstić information content (AvgIpc) is 2.61. The lowest BCUT2D eigenvalue weighted by Crippen LogP contribution is -2.58. The van der Waals surface area contributed by atoms with Crippen molar-refractivity contribution < 1.29 is 43.5 Å². The van der Waals surface area contributed by atoms with Gasteiger partial charge in [-0.25, -0.2) is 18.4 Å². The Kier molecular flexibility index (Phi) is 6.43. The molecular weight excluding hydrogens is 431 g/mol. The Morgan fingerprint density at radius 3 is 2.10 bits per heavy atom. The summed E-state index contributed by atoms with van der Waals surface area (Å²) in [5.74, 6) is -8.21. The van der Waals surface area contributed by atoms with Crippen molar-refractivity contribution in [2.75, 3.05) is 5.32 Å². The quantitative estimate of drug-likeness (QED) is 0.210. The smallest absolute Gasteiger partial charge is 0.335 e. The van der Waals surface area contributed by atoms with Crippen LogP contribution in [0, 0.1) is 0 Å². The summed E-state index contributed by atoms with van der Waals surface area (Å²) in [5.41, 5.74) is -1.17. The van der Waals surface area contributed by atoms with E-state index in [1.54, 1.807) is 18.2 Å². The van der Waals surface area contributed by atoms with Crippen LogP contribution in [0.4, 0.5) is 5.69 Å². The minimum absolute atomic E-state index is 0.102. The van der Waals surface area contributed by atoms with Crippen molar-refractivity contribution in [3.63, 3.8) is 0 Å². The van der Waals surface area contributed by atoms with Gasteiger partial charge in [-0.2, -0.15) is 0 Å². The van der Waals surface area contributed by atoms with Crippen LogP contribution in [0.5, 0.6) is 11.5 Å². The normalized spacial score (nSPS) is 14.5. The van der Waals surface area contributed by atoms with Crippen LogP contribution in [0.15, 0.2) is 47.4 Å². The van der Waals surface area contributed by atoms with Gasteiger partial charge in [0.25, 0.3) is 0 Å². The largest absolute Gasteiger partial charge is 0.478 e. The molecule has 166 valence electrons. The molecule has 0 aliphatic heterocycles. The maximum Gasteiger partial charge on any atom is 0.335 e. The zero-order valence-corrected chi connectivity index (χ0v) is 17.3. The van der Waals surface area contributed by atoms with E-state index in [0.717, 1.165) is 26.0 Å². The van der Waals surface area contributed by atoms with Crippen LogP contribution in [0.3, 0.4) is 0 Å². The molecule has 0 aliphatic carbocycles. The summed E-state index contributed by atoms with van der Waals surface area (Å²) < 4.78 is 29.8. The van der Waals surface area contributed by atoms with Crippen molar-refractivity contribution in [2.24, 2.45) is 5.14 Å². The number of carbonyl (C=O) groups is 1. The molecule has 0 bridgehead atoms. The number of sulfonamides is 1. The van der Waals surface area contributed by atoms with E-state index in [1.807, 2.05) is 5.32 Å². The monoisotopic (exact) mass is 452 g/mol. The number of para-hydroxylation sites is 1. The number of anilines is 1. The highest BCUT2D eigenvalue weighted by molar-refractivity contribution is 7.89. The van der Waals surface area contributed by atoms with E-state index in [2.05, 4.69) is 0 Å². The maximum atomic E-state index is 12.1. The third-order valence-corrected chi connectivity index (χ3v) is 5.50. The number of ether oxygens (including phenoxy) is 1. The molecule has 0 saturated heterocycles. The van der Waals surface area contributed by atoms with Gasteiger partial charge >= 0.3 is 5.97 Å². The lowest BCUT2D eigenvalue weighted by Gasteiger charge is -2.45. The first-order valence-electron chi connectivity index (χ1n) is 8.61. The number of carboxylic acids is 1. The molecule has 0 amide bonds. The Morgan fingerprint density at radius 1 is 1.10 bits per heavy atom. The average molecular weight is 452 g/mol. The topological polar surface area (TPSA) is 200 Å². The van der Waals surface area contributed by atoms with Crippen LogP contribution in [0.1, 0.15) is 24.2 Å². The molecule has 1 atom stereocenters. The minimum Gasteiger partial charge on any atom is -0.478 e. The Bertz CT molecular complexity index is 1080. The van der Waals surface area contributed by atoms with Gasteiger partial charge in [-0.3, -0.25) is 0 Å². The van der Waals surface area contributed by atoms with Crippen molar-refractivity contribution in [2.45, 2.75) is 35.8 Å². The van der Waals surface area contributed by atoms with Crippen molar-refractivity contribution in [1.29, 1.82) is 0 Å². The molecule has 0 saturated carbocycles. The number of hydrogen-bond donors (Lipinski definition) is 7. The molecular formula is C18H21BN2O9S. The molecule has 8 N–H and O–H groups in total. The lowest BCUT2D eigenvalue weighted by molar-refractivity contribution is -0.266. The van der Waals surface area contributed by atoms with Gasteiger partial charge in [0.05, 0.1) is 24.4 Å². The molecule has 0 heterocycles. The van der Waals surface area contributed by atoms with Gasteiger partial charge in [0.1, 0.15) is 10.6 Å². The molecule has 2 radical (unpaired) electrons. The number of hydrogen-bond acceptors (Lipinski definition) is 9. The van der Waals surface area contributed by atoms with E-state index in [9.17, 15) is 38.7 Å². The summed E-state index contributed by atoms with van der Waals surface area (Å²) >= 11 is 0. The fraction of sp³-hybridized carbons (Fsp3) is 0.278. The highest BCUT2D eigenvalue weighted by Crippen LogP contribution is 2.45. The molecule has 1 unspecified atom stereocenters. The van der Waals surface area contributed by atoms with Crippen LogP contribution in [0.2, 0.25) is 5.31 Å². The third kappa shape index (κ3) is 5.15. The van der Waals surface area contributed by atoms with Crippen LogP contribution in [-0.4, -0.2) is 59.5 Å². The second-order valence-electron chi connectivity index (χ2n) is 7.14. The fourth-order valence-corrected chi connectivity index (χ4v) is 3.09. The number of aliphatic hydroxyl groups is 4. The first kappa shape index (κ1) is 24.6. The zero-order valence-electron chi connectivity index (χ0n) is 16.5. The van der Waals surface area contributed by atoms with Gasteiger partial charge in [0.15, 0.2) is 11.5 Å². The summed E-state index contributed by atoms with van der Waals surface area (Å²) in [6.45, 7) is 1.65. The Balaban J connectivity index is 2.77. The third-order valence-electron chi connectivity index (χ3n) is 4.59. The Hall–Kier alpha value is -2.68. The predicted octanol–water partition coefficient (Wildman–Crippen LogP) is -0.0773. The molecule has 0 fully saturated rings. The molecule has 0 aromatic heterocycles. The number of rotatable bonds is 8. The number of carboxylic acid groups (broad SMARTS) is 1. The van der Waals surface area contributed by atoms with Crippen molar-refractivity contribution >= 4 is 29.5 Å². The van der Waals surface area contributed by atoms with E-state index >= 15 is 0 Å². The van der Waals surface area contributed by atoms with E-state index in [1.165, 1.54) is 12.1 Å². The molecule has 2 rings (SSSR count). The van der Waals surface area contributed by atoms with E-state index in [0.29, 0.717) is 0 Å². The highest BCUT2D eigenvalue weighted by atomic mass is 32.2. The number of benzene rings is 2. The van der Waals surface area contributed by atoms with Crippen LogP contribution >= 0.6 is 0 Å². The second-order valence-corrected chi connectivity index (χ2v) is 8.67. The predicted molar refractivity (Wildman–Crippen MR) is 109 cm³/mol. The molecule has 11 nitrogen and oxygen atoms in total. The van der Waals surface area contributed by atoms with E-state index in [-0.39, 0.29) is 5.75 Å². The molecule has 0 spiro atoms. The standard InChI is InChI=1S/C18H21BN2O9S/c1-16(19,17(2,24)25)18(26,27)21-12-8-10(15(22)23)9-13(31(20,28)29)14(12)30-11-6-4-3-5-7-11/h3-9,21,24-27H,1-2H3,(H,22,23)(H2,20,28,29). The molecule has 13 heteroatoms. The molecule has 2 aromatic carbocycles. The Labute approximate surface area is 179 Å². The molecule has 31 heavy (non-hydrogen) atoms. The summed E-state index contributed by atoms with van der Waals surface area (Å²) in [4.78, 5) is 10.7. The zero-order chi connectivity index (χ0) is 23.8. The molecule has 0 aliphatic rings.